The molecule has 0 unspecified atom stereocenters. The van der Waals surface area contributed by atoms with Crippen molar-refractivity contribution in [3.05, 3.63) is 42.0 Å². The van der Waals surface area contributed by atoms with Gasteiger partial charge in [0.2, 0.25) is 5.91 Å². The highest BCUT2D eigenvalue weighted by atomic mass is 16.3. The summed E-state index contributed by atoms with van der Waals surface area (Å²) in [5.41, 5.74) is 0.632. The minimum atomic E-state index is -0.363. The Kier molecular flexibility index (Phi) is 3.59. The number of carbonyl (C=O) groups excluding carboxylic acids is 1. The van der Waals surface area contributed by atoms with E-state index in [2.05, 4.69) is 5.32 Å². The van der Waals surface area contributed by atoms with E-state index in [9.17, 15) is 9.90 Å². The number of benzene rings is 1. The van der Waals surface area contributed by atoms with Gasteiger partial charge in [-0.25, -0.2) is 0 Å². The molecule has 0 saturated heterocycles. The zero-order chi connectivity index (χ0) is 12.1. The summed E-state index contributed by atoms with van der Waals surface area (Å²) < 4.78 is 0. The van der Waals surface area contributed by atoms with E-state index < -0.39 is 0 Å². The summed E-state index contributed by atoms with van der Waals surface area (Å²) in [4.78, 5) is 11.7. The lowest BCUT2D eigenvalue weighted by Gasteiger charge is -2.40. The maximum absolute atomic E-state index is 11.7. The van der Waals surface area contributed by atoms with Crippen molar-refractivity contribution in [2.24, 2.45) is 0 Å². The van der Waals surface area contributed by atoms with E-state index in [1.165, 1.54) is 6.08 Å². The third-order valence-corrected chi connectivity index (χ3v) is 3.23. The predicted octanol–water partition coefficient (Wildman–Crippen LogP) is 1.73. The lowest BCUT2D eigenvalue weighted by Crippen LogP contribution is -2.55. The van der Waals surface area contributed by atoms with Crippen molar-refractivity contribution in [3.63, 3.8) is 0 Å². The van der Waals surface area contributed by atoms with Crippen molar-refractivity contribution in [1.82, 2.24) is 5.32 Å². The fraction of sp³-hybridized carbons (Fsp3) is 0.357. The summed E-state index contributed by atoms with van der Waals surface area (Å²) >= 11 is 0. The van der Waals surface area contributed by atoms with Crippen LogP contribution < -0.4 is 5.32 Å². The van der Waals surface area contributed by atoms with E-state index in [4.69, 9.17) is 0 Å². The highest BCUT2D eigenvalue weighted by Gasteiger charge is 2.37. The van der Waals surface area contributed by atoms with Crippen molar-refractivity contribution < 1.29 is 9.90 Å². The van der Waals surface area contributed by atoms with Crippen LogP contribution in [0.4, 0.5) is 0 Å². The summed E-state index contributed by atoms with van der Waals surface area (Å²) in [5, 5.41) is 12.1. The van der Waals surface area contributed by atoms with Gasteiger partial charge in [0, 0.05) is 6.08 Å². The van der Waals surface area contributed by atoms with Crippen molar-refractivity contribution in [2.45, 2.75) is 24.8 Å². The van der Waals surface area contributed by atoms with Crippen molar-refractivity contribution in [3.8, 4) is 0 Å². The molecule has 1 aromatic rings. The Bertz CT molecular complexity index is 402. The lowest BCUT2D eigenvalue weighted by atomic mass is 9.77. The molecule has 3 heteroatoms. The fourth-order valence-electron chi connectivity index (χ4n) is 1.97. The van der Waals surface area contributed by atoms with Gasteiger partial charge in [-0.3, -0.25) is 4.79 Å². The molecular weight excluding hydrogens is 214 g/mol. The molecule has 17 heavy (non-hydrogen) atoms. The summed E-state index contributed by atoms with van der Waals surface area (Å²) in [6.45, 7) is 0.0257. The van der Waals surface area contributed by atoms with Crippen LogP contribution in [0, 0.1) is 0 Å². The molecule has 0 radical (unpaired) electrons. The van der Waals surface area contributed by atoms with Gasteiger partial charge in [0.05, 0.1) is 12.1 Å². The normalized spacial score (nSPS) is 17.7. The Labute approximate surface area is 101 Å². The molecule has 1 amide bonds. The van der Waals surface area contributed by atoms with E-state index >= 15 is 0 Å². The number of hydrogen-bond donors (Lipinski definition) is 2. The Balaban J connectivity index is 1.91. The SMILES string of the molecule is O=C(/C=C/c1ccccc1)NC1(CO)CCC1. The van der Waals surface area contributed by atoms with E-state index in [0.717, 1.165) is 24.8 Å². The van der Waals surface area contributed by atoms with Crippen molar-refractivity contribution >= 4 is 12.0 Å². The summed E-state index contributed by atoms with van der Waals surface area (Å²) in [6, 6.07) is 9.67. The first-order valence-electron chi connectivity index (χ1n) is 5.90. The molecule has 2 rings (SSSR count). The molecule has 1 saturated carbocycles. The zero-order valence-electron chi connectivity index (χ0n) is 9.73. The average Bonchev–Trinajstić information content (AvgIpc) is 2.33. The van der Waals surface area contributed by atoms with Gasteiger partial charge < -0.3 is 10.4 Å². The Morgan fingerprint density at radius 3 is 2.59 bits per heavy atom. The third-order valence-electron chi connectivity index (χ3n) is 3.23. The zero-order valence-corrected chi connectivity index (χ0v) is 9.73. The van der Waals surface area contributed by atoms with Gasteiger partial charge in [-0.15, -0.1) is 0 Å². The number of aliphatic hydroxyl groups is 1. The number of hydrogen-bond acceptors (Lipinski definition) is 2. The molecule has 0 spiro atoms. The van der Waals surface area contributed by atoms with Crippen LogP contribution in [0.1, 0.15) is 24.8 Å². The van der Waals surface area contributed by atoms with E-state index in [1.54, 1.807) is 6.08 Å². The van der Waals surface area contributed by atoms with Gasteiger partial charge in [0.25, 0.3) is 0 Å². The number of nitrogens with one attached hydrogen (secondary N) is 1. The fourth-order valence-corrected chi connectivity index (χ4v) is 1.97. The molecule has 2 N–H and O–H groups in total. The van der Waals surface area contributed by atoms with Crippen LogP contribution in [0.3, 0.4) is 0 Å². The standard InChI is InChI=1S/C14H17NO2/c16-11-14(9-4-10-14)15-13(17)8-7-12-5-2-1-3-6-12/h1-3,5-8,16H,4,9-11H2,(H,15,17)/b8-7+. The van der Waals surface area contributed by atoms with Gasteiger partial charge in [0.1, 0.15) is 0 Å². The van der Waals surface area contributed by atoms with Crippen LogP contribution >= 0.6 is 0 Å². The van der Waals surface area contributed by atoms with E-state index in [1.807, 2.05) is 30.3 Å². The third kappa shape index (κ3) is 2.94. The van der Waals surface area contributed by atoms with Crippen LogP contribution in [-0.4, -0.2) is 23.2 Å². The molecule has 0 bridgehead atoms. The first-order chi connectivity index (χ1) is 8.24. The van der Waals surface area contributed by atoms with Gasteiger partial charge in [-0.1, -0.05) is 30.3 Å². The smallest absolute Gasteiger partial charge is 0.244 e. The largest absolute Gasteiger partial charge is 0.394 e. The van der Waals surface area contributed by atoms with Crippen LogP contribution in [0.25, 0.3) is 6.08 Å². The Hall–Kier alpha value is -1.61. The molecule has 1 aromatic carbocycles. The van der Waals surface area contributed by atoms with Crippen LogP contribution in [-0.2, 0) is 4.79 Å². The van der Waals surface area contributed by atoms with E-state index in [0.29, 0.717) is 0 Å². The average molecular weight is 231 g/mol. The summed E-state index contributed by atoms with van der Waals surface area (Å²) in [5.74, 6) is -0.136. The number of aliphatic hydroxyl groups excluding tert-OH is 1. The van der Waals surface area contributed by atoms with Crippen LogP contribution in [0.5, 0.6) is 0 Å². The second-order valence-electron chi connectivity index (χ2n) is 4.53. The van der Waals surface area contributed by atoms with Crippen LogP contribution in [0.2, 0.25) is 0 Å². The lowest BCUT2D eigenvalue weighted by molar-refractivity contribution is -0.120. The topological polar surface area (TPSA) is 49.3 Å². The van der Waals surface area contributed by atoms with Crippen molar-refractivity contribution in [1.29, 1.82) is 0 Å². The van der Waals surface area contributed by atoms with Gasteiger partial charge in [-0.05, 0) is 30.9 Å². The number of amides is 1. The number of rotatable bonds is 4. The van der Waals surface area contributed by atoms with Crippen molar-refractivity contribution in [2.75, 3.05) is 6.61 Å². The van der Waals surface area contributed by atoms with Gasteiger partial charge in [0.15, 0.2) is 0 Å². The molecule has 0 aromatic heterocycles. The Morgan fingerprint density at radius 1 is 1.35 bits per heavy atom. The molecule has 0 atom stereocenters. The minimum absolute atomic E-state index is 0.0257. The first-order valence-corrected chi connectivity index (χ1v) is 5.90. The molecule has 90 valence electrons. The van der Waals surface area contributed by atoms with Crippen LogP contribution in [0.15, 0.2) is 36.4 Å². The second kappa shape index (κ2) is 5.15. The quantitative estimate of drug-likeness (QED) is 0.775. The minimum Gasteiger partial charge on any atom is -0.394 e. The van der Waals surface area contributed by atoms with Gasteiger partial charge in [-0.2, -0.15) is 0 Å². The maximum atomic E-state index is 11.7. The molecule has 0 aliphatic heterocycles. The highest BCUT2D eigenvalue weighted by Crippen LogP contribution is 2.31. The maximum Gasteiger partial charge on any atom is 0.244 e. The highest BCUT2D eigenvalue weighted by molar-refractivity contribution is 5.92. The monoisotopic (exact) mass is 231 g/mol. The second-order valence-corrected chi connectivity index (χ2v) is 4.53. The van der Waals surface area contributed by atoms with E-state index in [-0.39, 0.29) is 18.1 Å². The molecule has 1 aliphatic carbocycles. The predicted molar refractivity (Wildman–Crippen MR) is 67.3 cm³/mol. The number of carbonyl (C=O) groups is 1. The molecule has 0 heterocycles. The first kappa shape index (κ1) is 11.9. The molecule has 1 fully saturated rings. The molecule has 1 aliphatic rings. The molecule has 3 nitrogen and oxygen atoms in total. The molecular formula is C14H17NO2. The Morgan fingerprint density at radius 2 is 2.06 bits per heavy atom. The summed E-state index contributed by atoms with van der Waals surface area (Å²) in [7, 11) is 0. The summed E-state index contributed by atoms with van der Waals surface area (Å²) in [6.07, 6.45) is 6.11. The van der Waals surface area contributed by atoms with Gasteiger partial charge >= 0.3 is 0 Å².